The Morgan fingerprint density at radius 3 is 2.07 bits per heavy atom. The van der Waals surface area contributed by atoms with Crippen molar-refractivity contribution in [1.82, 2.24) is 10.7 Å². The minimum absolute atomic E-state index is 0.371. The van der Waals surface area contributed by atoms with Crippen molar-refractivity contribution in [3.8, 4) is 0 Å². The van der Waals surface area contributed by atoms with Gasteiger partial charge in [-0.3, -0.25) is 0 Å². The molecule has 3 rings (SSSR count). The lowest BCUT2D eigenvalue weighted by Crippen LogP contribution is -2.42. The van der Waals surface area contributed by atoms with E-state index in [1.807, 2.05) is 0 Å². The summed E-state index contributed by atoms with van der Waals surface area (Å²) in [6.07, 6.45) is 3.26. The van der Waals surface area contributed by atoms with E-state index < -0.39 is 0 Å². The molecule has 0 aliphatic rings. The summed E-state index contributed by atoms with van der Waals surface area (Å²) < 4.78 is 0. The molecule has 0 aliphatic carbocycles. The smallest absolute Gasteiger partial charge is 0.0487 e. The molecule has 0 saturated carbocycles. The number of rotatable bonds is 11. The molecule has 3 aromatic rings. The van der Waals surface area contributed by atoms with E-state index in [0.29, 0.717) is 6.04 Å². The van der Waals surface area contributed by atoms with Crippen LogP contribution in [-0.4, -0.2) is 19.1 Å². The normalized spacial score (nSPS) is 11.9. The second kappa shape index (κ2) is 11.3. The van der Waals surface area contributed by atoms with Gasteiger partial charge in [-0.2, -0.15) is 0 Å². The Kier molecular flexibility index (Phi) is 8.10. The first kappa shape index (κ1) is 20.1. The van der Waals surface area contributed by atoms with E-state index >= 15 is 0 Å². The molecule has 3 nitrogen and oxygen atoms in total. The quantitative estimate of drug-likeness (QED) is 0.335. The molecule has 0 bridgehead atoms. The molecule has 0 aromatic heterocycles. The standard InChI is InChI=1S/C25H31N3/c1-21-14-16-24(17-15-21)28-27-20-25(19-23-11-6-3-7-12-23)26-18-8-13-22-9-4-2-5-10-22/h2-7,9-12,14-17,25-28H,8,13,18-20H2,1H3/t25-/m0/s1. The Morgan fingerprint density at radius 2 is 1.39 bits per heavy atom. The summed E-state index contributed by atoms with van der Waals surface area (Å²) in [7, 11) is 0. The molecule has 28 heavy (non-hydrogen) atoms. The molecule has 0 spiro atoms. The van der Waals surface area contributed by atoms with Crippen LogP contribution in [0.1, 0.15) is 23.1 Å². The average molecular weight is 374 g/mol. The van der Waals surface area contributed by atoms with Crippen molar-refractivity contribution >= 4 is 5.69 Å². The second-order valence-corrected chi connectivity index (χ2v) is 7.30. The number of benzene rings is 3. The molecule has 3 aromatic carbocycles. The van der Waals surface area contributed by atoms with Gasteiger partial charge in [0.15, 0.2) is 0 Å². The van der Waals surface area contributed by atoms with Crippen molar-refractivity contribution in [2.45, 2.75) is 32.2 Å². The van der Waals surface area contributed by atoms with Crippen LogP contribution in [0.2, 0.25) is 0 Å². The van der Waals surface area contributed by atoms with Crippen LogP contribution in [0.3, 0.4) is 0 Å². The van der Waals surface area contributed by atoms with E-state index in [9.17, 15) is 0 Å². The van der Waals surface area contributed by atoms with Gasteiger partial charge in [-0.15, -0.1) is 0 Å². The predicted octanol–water partition coefficient (Wildman–Crippen LogP) is 4.75. The molecule has 0 heterocycles. The predicted molar refractivity (Wildman–Crippen MR) is 120 cm³/mol. The van der Waals surface area contributed by atoms with E-state index in [1.54, 1.807) is 0 Å². The number of nitrogens with one attached hydrogen (secondary N) is 3. The molecule has 0 saturated heterocycles. The maximum absolute atomic E-state index is 3.73. The van der Waals surface area contributed by atoms with Gasteiger partial charge in [0, 0.05) is 18.3 Å². The first-order chi connectivity index (χ1) is 13.8. The largest absolute Gasteiger partial charge is 0.321 e. The molecule has 0 unspecified atom stereocenters. The zero-order chi connectivity index (χ0) is 19.4. The van der Waals surface area contributed by atoms with Crippen LogP contribution in [0.15, 0.2) is 84.9 Å². The van der Waals surface area contributed by atoms with Gasteiger partial charge in [0.25, 0.3) is 0 Å². The summed E-state index contributed by atoms with van der Waals surface area (Å²) in [6, 6.07) is 30.2. The Labute approximate surface area is 169 Å². The molecular weight excluding hydrogens is 342 g/mol. The fraction of sp³-hybridized carbons (Fsp3) is 0.280. The number of hydrogen-bond donors (Lipinski definition) is 3. The minimum Gasteiger partial charge on any atom is -0.321 e. The van der Waals surface area contributed by atoms with E-state index in [-0.39, 0.29) is 0 Å². The number of anilines is 1. The third kappa shape index (κ3) is 7.18. The van der Waals surface area contributed by atoms with E-state index in [0.717, 1.165) is 38.0 Å². The topological polar surface area (TPSA) is 36.1 Å². The van der Waals surface area contributed by atoms with Gasteiger partial charge < -0.3 is 10.7 Å². The van der Waals surface area contributed by atoms with Crippen LogP contribution in [0.25, 0.3) is 0 Å². The van der Waals surface area contributed by atoms with E-state index in [1.165, 1.54) is 16.7 Å². The average Bonchev–Trinajstić information content (AvgIpc) is 2.74. The van der Waals surface area contributed by atoms with Crippen LogP contribution >= 0.6 is 0 Å². The van der Waals surface area contributed by atoms with Gasteiger partial charge in [0.1, 0.15) is 0 Å². The Morgan fingerprint density at radius 1 is 0.750 bits per heavy atom. The lowest BCUT2D eigenvalue weighted by atomic mass is 10.1. The third-order valence-corrected chi connectivity index (χ3v) is 4.88. The van der Waals surface area contributed by atoms with Crippen molar-refractivity contribution in [3.05, 3.63) is 102 Å². The van der Waals surface area contributed by atoms with Crippen LogP contribution in [0.5, 0.6) is 0 Å². The fourth-order valence-corrected chi connectivity index (χ4v) is 3.27. The van der Waals surface area contributed by atoms with Crippen molar-refractivity contribution in [2.24, 2.45) is 0 Å². The Balaban J connectivity index is 1.47. The maximum Gasteiger partial charge on any atom is 0.0487 e. The van der Waals surface area contributed by atoms with Crippen LogP contribution in [-0.2, 0) is 12.8 Å². The summed E-state index contributed by atoms with van der Waals surface area (Å²) in [5, 5.41) is 3.73. The van der Waals surface area contributed by atoms with Gasteiger partial charge in [0.05, 0.1) is 0 Å². The van der Waals surface area contributed by atoms with Gasteiger partial charge in [-0.05, 0) is 56.0 Å². The van der Waals surface area contributed by atoms with Gasteiger partial charge >= 0.3 is 0 Å². The van der Waals surface area contributed by atoms with Crippen molar-refractivity contribution in [1.29, 1.82) is 0 Å². The summed E-state index contributed by atoms with van der Waals surface area (Å²) in [4.78, 5) is 0. The maximum atomic E-state index is 3.73. The summed E-state index contributed by atoms with van der Waals surface area (Å²) in [5.41, 5.74) is 11.8. The van der Waals surface area contributed by atoms with E-state index in [2.05, 4.69) is 108 Å². The molecule has 3 N–H and O–H groups in total. The highest BCUT2D eigenvalue weighted by molar-refractivity contribution is 5.43. The highest BCUT2D eigenvalue weighted by atomic mass is 15.4. The van der Waals surface area contributed by atoms with Gasteiger partial charge in [-0.1, -0.05) is 78.4 Å². The van der Waals surface area contributed by atoms with Crippen LogP contribution < -0.4 is 16.2 Å². The highest BCUT2D eigenvalue weighted by Gasteiger charge is 2.09. The SMILES string of the molecule is Cc1ccc(NNC[C@H](Cc2ccccc2)NCCCc2ccccc2)cc1. The Hall–Kier alpha value is -2.62. The van der Waals surface area contributed by atoms with Crippen molar-refractivity contribution < 1.29 is 0 Å². The third-order valence-electron chi connectivity index (χ3n) is 4.88. The Bertz CT molecular complexity index is 785. The number of aryl methyl sites for hydroxylation is 2. The first-order valence-electron chi connectivity index (χ1n) is 10.2. The van der Waals surface area contributed by atoms with Crippen LogP contribution in [0.4, 0.5) is 5.69 Å². The second-order valence-electron chi connectivity index (χ2n) is 7.30. The lowest BCUT2D eigenvalue weighted by molar-refractivity contribution is 0.480. The van der Waals surface area contributed by atoms with E-state index in [4.69, 9.17) is 0 Å². The fourth-order valence-electron chi connectivity index (χ4n) is 3.27. The first-order valence-corrected chi connectivity index (χ1v) is 10.2. The van der Waals surface area contributed by atoms with Gasteiger partial charge in [-0.25, -0.2) is 5.43 Å². The zero-order valence-electron chi connectivity index (χ0n) is 16.7. The molecule has 0 fully saturated rings. The summed E-state index contributed by atoms with van der Waals surface area (Å²) in [5.74, 6) is 0. The molecule has 146 valence electrons. The molecule has 0 aliphatic heterocycles. The number of hydrazine groups is 1. The molecule has 1 atom stereocenters. The zero-order valence-corrected chi connectivity index (χ0v) is 16.7. The summed E-state index contributed by atoms with van der Waals surface area (Å²) >= 11 is 0. The number of hydrogen-bond acceptors (Lipinski definition) is 3. The molecular formula is C25H31N3. The highest BCUT2D eigenvalue weighted by Crippen LogP contribution is 2.08. The van der Waals surface area contributed by atoms with Gasteiger partial charge in [0.2, 0.25) is 0 Å². The molecule has 0 amide bonds. The monoisotopic (exact) mass is 373 g/mol. The van der Waals surface area contributed by atoms with Crippen molar-refractivity contribution in [2.75, 3.05) is 18.5 Å². The molecule has 0 radical (unpaired) electrons. The summed E-state index contributed by atoms with van der Waals surface area (Å²) in [6.45, 7) is 3.97. The lowest BCUT2D eigenvalue weighted by Gasteiger charge is -2.20. The minimum atomic E-state index is 0.371. The van der Waals surface area contributed by atoms with Crippen molar-refractivity contribution in [3.63, 3.8) is 0 Å². The molecule has 3 heteroatoms. The van der Waals surface area contributed by atoms with Crippen LogP contribution in [0, 0.1) is 6.92 Å².